The second-order valence-corrected chi connectivity index (χ2v) is 19.1. The van der Waals surface area contributed by atoms with Gasteiger partial charge in [0.05, 0.1) is 0 Å². The van der Waals surface area contributed by atoms with Gasteiger partial charge in [-0.05, 0) is 128 Å². The van der Waals surface area contributed by atoms with Crippen LogP contribution in [0.15, 0.2) is 122 Å². The summed E-state index contributed by atoms with van der Waals surface area (Å²) in [5.41, 5.74) is 0. The van der Waals surface area contributed by atoms with Gasteiger partial charge >= 0.3 is 17.9 Å². The molecule has 0 saturated carbocycles. The van der Waals surface area contributed by atoms with Crippen LogP contribution in [0.1, 0.15) is 258 Å². The SMILES string of the molecule is CC/C=C\C/C=C\C/C=C\C/C=C\C/C=C\CCCCCCCC(=O)OCC(COC(=O)CCCCCCC/C=C\CCCCCCC)OC(=O)CCCCCCCC/C=C\C/C=C\C/C=C\C/C=C\CC. The predicted molar refractivity (Wildman–Crippen MR) is 311 cm³/mol. The van der Waals surface area contributed by atoms with Crippen molar-refractivity contribution in [3.05, 3.63) is 122 Å². The number of carbonyl (C=O) groups is 3. The first kappa shape index (κ1) is 67.8. The van der Waals surface area contributed by atoms with Crippen LogP contribution in [0.5, 0.6) is 0 Å². The van der Waals surface area contributed by atoms with Gasteiger partial charge in [0.2, 0.25) is 0 Å². The summed E-state index contributed by atoms with van der Waals surface area (Å²) < 4.78 is 16.9. The summed E-state index contributed by atoms with van der Waals surface area (Å²) in [7, 11) is 0. The Morgan fingerprint density at radius 3 is 0.861 bits per heavy atom. The summed E-state index contributed by atoms with van der Waals surface area (Å²) in [4.78, 5) is 38.2. The molecular formula is C66H108O6. The van der Waals surface area contributed by atoms with E-state index in [1.165, 1.54) is 57.8 Å². The Morgan fingerprint density at radius 2 is 0.542 bits per heavy atom. The molecule has 6 heteroatoms. The van der Waals surface area contributed by atoms with Crippen LogP contribution in [0.2, 0.25) is 0 Å². The van der Waals surface area contributed by atoms with Crippen LogP contribution in [0.25, 0.3) is 0 Å². The summed E-state index contributed by atoms with van der Waals surface area (Å²) in [6.07, 6.45) is 81.8. The molecule has 0 bridgehead atoms. The topological polar surface area (TPSA) is 78.9 Å². The molecule has 0 saturated heterocycles. The number of allylic oxidation sites excluding steroid dienone is 20. The highest BCUT2D eigenvalue weighted by atomic mass is 16.6. The molecule has 0 N–H and O–H groups in total. The van der Waals surface area contributed by atoms with Gasteiger partial charge in [0, 0.05) is 19.3 Å². The van der Waals surface area contributed by atoms with E-state index in [4.69, 9.17) is 14.2 Å². The Morgan fingerprint density at radius 1 is 0.292 bits per heavy atom. The van der Waals surface area contributed by atoms with Crippen molar-refractivity contribution in [3.8, 4) is 0 Å². The first-order valence-corrected chi connectivity index (χ1v) is 29.5. The maximum Gasteiger partial charge on any atom is 0.306 e. The van der Waals surface area contributed by atoms with Crippen LogP contribution in [-0.2, 0) is 28.6 Å². The van der Waals surface area contributed by atoms with Crippen molar-refractivity contribution in [2.45, 2.75) is 264 Å². The van der Waals surface area contributed by atoms with Crippen LogP contribution in [0.3, 0.4) is 0 Å². The van der Waals surface area contributed by atoms with Gasteiger partial charge in [0.1, 0.15) is 13.2 Å². The molecule has 0 fully saturated rings. The zero-order chi connectivity index (χ0) is 52.2. The van der Waals surface area contributed by atoms with Gasteiger partial charge in [-0.15, -0.1) is 0 Å². The summed E-state index contributed by atoms with van der Waals surface area (Å²) in [6, 6.07) is 0. The minimum atomic E-state index is -0.802. The Bertz CT molecular complexity index is 1520. The molecule has 0 radical (unpaired) electrons. The molecule has 6 nitrogen and oxygen atoms in total. The highest BCUT2D eigenvalue weighted by Gasteiger charge is 2.19. The zero-order valence-corrected chi connectivity index (χ0v) is 46.7. The van der Waals surface area contributed by atoms with Gasteiger partial charge in [0.25, 0.3) is 0 Å². The molecule has 408 valence electrons. The molecule has 0 rings (SSSR count). The average molecular weight is 998 g/mol. The van der Waals surface area contributed by atoms with Crippen molar-refractivity contribution in [2.24, 2.45) is 0 Å². The molecule has 0 heterocycles. The van der Waals surface area contributed by atoms with E-state index in [1.54, 1.807) is 0 Å². The molecule has 0 aromatic heterocycles. The maximum absolute atomic E-state index is 12.9. The normalized spacial score (nSPS) is 13.0. The lowest BCUT2D eigenvalue weighted by molar-refractivity contribution is -0.167. The predicted octanol–water partition coefficient (Wildman–Crippen LogP) is 20.0. The second kappa shape index (κ2) is 59.4. The molecule has 1 unspecified atom stereocenters. The fourth-order valence-corrected chi connectivity index (χ4v) is 7.81. The van der Waals surface area contributed by atoms with Crippen LogP contribution in [-0.4, -0.2) is 37.2 Å². The number of esters is 3. The maximum atomic E-state index is 12.9. The lowest BCUT2D eigenvalue weighted by Gasteiger charge is -2.18. The number of hydrogen-bond acceptors (Lipinski definition) is 6. The van der Waals surface area contributed by atoms with Gasteiger partial charge in [-0.2, -0.15) is 0 Å². The molecule has 72 heavy (non-hydrogen) atoms. The largest absolute Gasteiger partial charge is 0.462 e. The lowest BCUT2D eigenvalue weighted by atomic mass is 10.1. The van der Waals surface area contributed by atoms with Crippen molar-refractivity contribution in [3.63, 3.8) is 0 Å². The van der Waals surface area contributed by atoms with E-state index in [0.717, 1.165) is 161 Å². The van der Waals surface area contributed by atoms with Gasteiger partial charge in [0.15, 0.2) is 6.10 Å². The smallest absolute Gasteiger partial charge is 0.306 e. The Kier molecular flexibility index (Phi) is 55.9. The van der Waals surface area contributed by atoms with Crippen LogP contribution < -0.4 is 0 Å². The molecule has 0 aromatic rings. The third-order valence-corrected chi connectivity index (χ3v) is 12.2. The van der Waals surface area contributed by atoms with E-state index in [0.29, 0.717) is 19.3 Å². The van der Waals surface area contributed by atoms with Crippen LogP contribution in [0, 0.1) is 0 Å². The quantitative estimate of drug-likeness (QED) is 0.0261. The molecule has 0 aliphatic carbocycles. The standard InChI is InChI=1S/C66H108O6/c1-4-7-10-13-16-19-22-25-28-30-32-33-35-36-38-41-44-47-50-53-56-59-65(68)71-62-63(61-70-64(67)58-55-52-49-46-43-40-27-24-21-18-15-12-9-6-3)72-66(69)60-57-54-51-48-45-42-39-37-34-31-29-26-23-20-17-14-11-8-5-2/h7-8,10-11,16-17,19-20,24-29,32-34,36-38,63H,4-6,9,12-15,18,21-23,30-31,35,39-62H2,1-3H3/b10-7-,11-8-,19-16-,20-17-,27-24-,28-25-,29-26-,33-32-,37-34-,38-36-. The van der Waals surface area contributed by atoms with Crippen molar-refractivity contribution in [1.82, 2.24) is 0 Å². The Hall–Kier alpha value is -4.19. The summed E-state index contributed by atoms with van der Waals surface area (Å²) in [5, 5.41) is 0. The minimum absolute atomic E-state index is 0.0973. The first-order valence-electron chi connectivity index (χ1n) is 29.5. The fraction of sp³-hybridized carbons (Fsp3) is 0.652. The number of carbonyl (C=O) groups excluding carboxylic acids is 3. The molecule has 0 amide bonds. The van der Waals surface area contributed by atoms with Gasteiger partial charge in [-0.1, -0.05) is 232 Å². The Labute approximate surface area is 443 Å². The van der Waals surface area contributed by atoms with Crippen molar-refractivity contribution < 1.29 is 28.6 Å². The van der Waals surface area contributed by atoms with Crippen molar-refractivity contribution >= 4 is 17.9 Å². The monoisotopic (exact) mass is 997 g/mol. The van der Waals surface area contributed by atoms with Gasteiger partial charge in [-0.3, -0.25) is 14.4 Å². The van der Waals surface area contributed by atoms with E-state index in [1.807, 2.05) is 0 Å². The molecule has 0 aromatic carbocycles. The van der Waals surface area contributed by atoms with E-state index >= 15 is 0 Å². The minimum Gasteiger partial charge on any atom is -0.462 e. The third-order valence-electron chi connectivity index (χ3n) is 12.2. The van der Waals surface area contributed by atoms with Crippen LogP contribution in [0.4, 0.5) is 0 Å². The third kappa shape index (κ3) is 56.7. The average Bonchev–Trinajstić information content (AvgIpc) is 3.38. The van der Waals surface area contributed by atoms with Crippen LogP contribution >= 0.6 is 0 Å². The molecular weight excluding hydrogens is 889 g/mol. The number of rotatable bonds is 52. The fourth-order valence-electron chi connectivity index (χ4n) is 7.81. The Balaban J connectivity index is 4.47. The van der Waals surface area contributed by atoms with Crippen molar-refractivity contribution in [1.29, 1.82) is 0 Å². The number of unbranched alkanes of at least 4 members (excludes halogenated alkanes) is 21. The van der Waals surface area contributed by atoms with E-state index in [9.17, 15) is 14.4 Å². The highest BCUT2D eigenvalue weighted by Crippen LogP contribution is 2.14. The first-order chi connectivity index (χ1) is 35.5. The number of ether oxygens (including phenoxy) is 3. The van der Waals surface area contributed by atoms with Gasteiger partial charge in [-0.25, -0.2) is 0 Å². The van der Waals surface area contributed by atoms with Gasteiger partial charge < -0.3 is 14.2 Å². The summed E-state index contributed by atoms with van der Waals surface area (Å²) in [5.74, 6) is -0.938. The lowest BCUT2D eigenvalue weighted by Crippen LogP contribution is -2.30. The number of hydrogen-bond donors (Lipinski definition) is 0. The van der Waals surface area contributed by atoms with E-state index in [-0.39, 0.29) is 31.1 Å². The zero-order valence-electron chi connectivity index (χ0n) is 46.7. The van der Waals surface area contributed by atoms with E-state index < -0.39 is 6.10 Å². The van der Waals surface area contributed by atoms with Crippen molar-refractivity contribution in [2.75, 3.05) is 13.2 Å². The second-order valence-electron chi connectivity index (χ2n) is 19.1. The van der Waals surface area contributed by atoms with E-state index in [2.05, 4.69) is 142 Å². The summed E-state index contributed by atoms with van der Waals surface area (Å²) in [6.45, 7) is 6.37. The molecule has 0 spiro atoms. The molecule has 0 aliphatic rings. The molecule has 1 atom stereocenters. The molecule has 0 aliphatic heterocycles. The summed E-state index contributed by atoms with van der Waals surface area (Å²) >= 11 is 0. The highest BCUT2D eigenvalue weighted by molar-refractivity contribution is 5.71.